The molecule has 1 aromatic carbocycles. The zero-order chi connectivity index (χ0) is 17.0. The quantitative estimate of drug-likeness (QED) is 0.657. The van der Waals surface area contributed by atoms with Gasteiger partial charge in [0.15, 0.2) is 5.79 Å². The third-order valence-electron chi connectivity index (χ3n) is 5.33. The average molecular weight is 330 g/mol. The molecule has 1 aliphatic carbocycles. The highest BCUT2D eigenvalue weighted by molar-refractivity contribution is 5.67. The highest BCUT2D eigenvalue weighted by Gasteiger charge is 2.35. The molecule has 132 valence electrons. The Hall–Kier alpha value is -1.16. The van der Waals surface area contributed by atoms with E-state index in [0.29, 0.717) is 6.61 Å². The molecular weight excluding hydrogens is 300 g/mol. The Morgan fingerprint density at radius 2 is 1.88 bits per heavy atom. The van der Waals surface area contributed by atoms with Gasteiger partial charge in [-0.15, -0.1) is 0 Å². The molecule has 1 aliphatic heterocycles. The summed E-state index contributed by atoms with van der Waals surface area (Å²) in [7, 11) is 0. The van der Waals surface area contributed by atoms with Crippen molar-refractivity contribution in [2.24, 2.45) is 0 Å². The molecule has 2 atom stereocenters. The van der Waals surface area contributed by atoms with E-state index in [0.717, 1.165) is 29.9 Å². The van der Waals surface area contributed by atoms with E-state index in [2.05, 4.69) is 37.8 Å². The topological polar surface area (TPSA) is 27.7 Å². The molecule has 3 rings (SSSR count). The monoisotopic (exact) mass is 330 g/mol. The van der Waals surface area contributed by atoms with Crippen molar-refractivity contribution in [2.75, 3.05) is 6.61 Å². The normalized spacial score (nSPS) is 28.7. The largest absolute Gasteiger partial charge is 0.344 e. The Bertz CT molecular complexity index is 535. The second-order valence-electron chi connectivity index (χ2n) is 7.35. The maximum Gasteiger partial charge on any atom is 0.198 e. The number of benzene rings is 1. The Morgan fingerprint density at radius 1 is 1.17 bits per heavy atom. The maximum absolute atomic E-state index is 5.87. The van der Waals surface area contributed by atoms with E-state index in [4.69, 9.17) is 14.5 Å². The third kappa shape index (κ3) is 4.08. The predicted molar refractivity (Wildman–Crippen MR) is 96.5 cm³/mol. The Labute approximate surface area is 145 Å². The number of rotatable bonds is 5. The van der Waals surface area contributed by atoms with E-state index in [1.54, 1.807) is 0 Å². The number of ether oxygens (including phenoxy) is 1. The fourth-order valence-electron chi connectivity index (χ4n) is 3.78. The Balaban J connectivity index is 1.59. The van der Waals surface area contributed by atoms with Crippen LogP contribution < -0.4 is 0 Å². The minimum absolute atomic E-state index is 0.240. The van der Waals surface area contributed by atoms with Crippen LogP contribution in [-0.2, 0) is 14.5 Å². The summed E-state index contributed by atoms with van der Waals surface area (Å²) < 4.78 is 5.87. The summed E-state index contributed by atoms with van der Waals surface area (Å²) in [5.41, 5.74) is 3.48. The second-order valence-corrected chi connectivity index (χ2v) is 7.35. The number of hydrogen-bond acceptors (Lipinski definition) is 3. The van der Waals surface area contributed by atoms with E-state index >= 15 is 0 Å². The smallest absolute Gasteiger partial charge is 0.198 e. The third-order valence-corrected chi connectivity index (χ3v) is 5.33. The molecule has 2 fully saturated rings. The van der Waals surface area contributed by atoms with E-state index < -0.39 is 5.79 Å². The molecule has 1 aromatic rings. The van der Waals surface area contributed by atoms with Gasteiger partial charge in [-0.1, -0.05) is 63.5 Å². The van der Waals surface area contributed by atoms with Crippen LogP contribution in [0.4, 0.5) is 0 Å². The van der Waals surface area contributed by atoms with Gasteiger partial charge < -0.3 is 4.74 Å². The summed E-state index contributed by atoms with van der Waals surface area (Å²) in [5, 5.41) is 0. The summed E-state index contributed by atoms with van der Waals surface area (Å²) in [5.74, 6) is 0.101. The molecular formula is C21H30O3. The standard InChI is InChI=1S/C21H30O3/c1-4-14-21(3)22-15-20(23-24-21)16(2)17-10-12-19(13-11-17)18-8-6-5-7-9-18/h10-13,18,20H,2,4-9,14-15H2,1,3H3. The lowest BCUT2D eigenvalue weighted by atomic mass is 9.83. The van der Waals surface area contributed by atoms with Crippen molar-refractivity contribution in [3.8, 4) is 0 Å². The van der Waals surface area contributed by atoms with E-state index in [1.807, 2.05) is 6.92 Å². The summed E-state index contributed by atoms with van der Waals surface area (Å²) in [6.45, 7) is 8.72. The zero-order valence-electron chi connectivity index (χ0n) is 15.1. The van der Waals surface area contributed by atoms with E-state index in [9.17, 15) is 0 Å². The van der Waals surface area contributed by atoms with E-state index in [-0.39, 0.29) is 6.10 Å². The van der Waals surface area contributed by atoms with Gasteiger partial charge >= 0.3 is 0 Å². The molecule has 0 bridgehead atoms. The van der Waals surface area contributed by atoms with Crippen LogP contribution in [0.3, 0.4) is 0 Å². The van der Waals surface area contributed by atoms with Gasteiger partial charge in [-0.2, -0.15) is 0 Å². The molecule has 24 heavy (non-hydrogen) atoms. The molecule has 0 spiro atoms. The summed E-state index contributed by atoms with van der Waals surface area (Å²) in [6, 6.07) is 8.83. The fraction of sp³-hybridized carbons (Fsp3) is 0.619. The molecule has 3 nitrogen and oxygen atoms in total. The highest BCUT2D eigenvalue weighted by Crippen LogP contribution is 2.34. The van der Waals surface area contributed by atoms with Crippen LogP contribution in [-0.4, -0.2) is 18.5 Å². The maximum atomic E-state index is 5.87. The summed E-state index contributed by atoms with van der Waals surface area (Å²) >= 11 is 0. The Kier molecular flexibility index (Phi) is 5.75. The average Bonchev–Trinajstić information content (AvgIpc) is 2.63. The van der Waals surface area contributed by atoms with Crippen LogP contribution in [0.5, 0.6) is 0 Å². The second kappa shape index (κ2) is 7.81. The van der Waals surface area contributed by atoms with Gasteiger partial charge in [0.1, 0.15) is 6.10 Å². The summed E-state index contributed by atoms with van der Waals surface area (Å²) in [4.78, 5) is 11.1. The molecule has 0 N–H and O–H groups in total. The predicted octanol–water partition coefficient (Wildman–Crippen LogP) is 5.61. The molecule has 1 saturated carbocycles. The molecule has 1 saturated heterocycles. The van der Waals surface area contributed by atoms with Crippen molar-refractivity contribution in [3.05, 3.63) is 42.0 Å². The van der Waals surface area contributed by atoms with Crippen LogP contribution in [0.15, 0.2) is 30.8 Å². The van der Waals surface area contributed by atoms with Crippen LogP contribution in [0.2, 0.25) is 0 Å². The van der Waals surface area contributed by atoms with Crippen molar-refractivity contribution in [1.29, 1.82) is 0 Å². The van der Waals surface area contributed by atoms with Gasteiger partial charge in [-0.05, 0) is 42.4 Å². The van der Waals surface area contributed by atoms with Gasteiger partial charge in [0, 0.05) is 6.42 Å². The summed E-state index contributed by atoms with van der Waals surface area (Å²) in [6.07, 6.45) is 8.33. The first kappa shape index (κ1) is 17.7. The zero-order valence-corrected chi connectivity index (χ0v) is 15.1. The van der Waals surface area contributed by atoms with Crippen molar-refractivity contribution in [1.82, 2.24) is 0 Å². The van der Waals surface area contributed by atoms with Crippen molar-refractivity contribution in [3.63, 3.8) is 0 Å². The first-order valence-corrected chi connectivity index (χ1v) is 9.39. The van der Waals surface area contributed by atoms with E-state index in [1.165, 1.54) is 37.7 Å². The van der Waals surface area contributed by atoms with Crippen molar-refractivity contribution in [2.45, 2.75) is 76.6 Å². The minimum Gasteiger partial charge on any atom is -0.344 e. The SMILES string of the molecule is C=C(c1ccc(C2CCCCC2)cc1)C1COC(C)(CCC)OO1. The lowest BCUT2D eigenvalue weighted by molar-refractivity contribution is -0.474. The van der Waals surface area contributed by atoms with Crippen LogP contribution in [0.25, 0.3) is 5.57 Å². The Morgan fingerprint density at radius 3 is 2.46 bits per heavy atom. The van der Waals surface area contributed by atoms with Gasteiger partial charge in [0.2, 0.25) is 0 Å². The fourth-order valence-corrected chi connectivity index (χ4v) is 3.78. The molecule has 0 amide bonds. The van der Waals surface area contributed by atoms with Crippen LogP contribution in [0.1, 0.15) is 75.8 Å². The van der Waals surface area contributed by atoms with Gasteiger partial charge in [-0.25, -0.2) is 9.78 Å². The van der Waals surface area contributed by atoms with Crippen molar-refractivity contribution >= 4 is 5.57 Å². The minimum atomic E-state index is -0.629. The number of hydrogen-bond donors (Lipinski definition) is 0. The first-order chi connectivity index (χ1) is 11.6. The molecule has 3 heteroatoms. The van der Waals surface area contributed by atoms with Crippen LogP contribution >= 0.6 is 0 Å². The van der Waals surface area contributed by atoms with Crippen LogP contribution in [0, 0.1) is 0 Å². The molecule has 1 heterocycles. The van der Waals surface area contributed by atoms with Crippen molar-refractivity contribution < 1.29 is 14.5 Å². The lowest BCUT2D eigenvalue weighted by Crippen LogP contribution is -2.43. The first-order valence-electron chi connectivity index (χ1n) is 9.39. The van der Waals surface area contributed by atoms with Gasteiger partial charge in [0.05, 0.1) is 6.61 Å². The molecule has 2 aliphatic rings. The highest BCUT2D eigenvalue weighted by atomic mass is 17.2. The lowest BCUT2D eigenvalue weighted by Gasteiger charge is -2.36. The molecule has 0 aromatic heterocycles. The van der Waals surface area contributed by atoms with Gasteiger partial charge in [-0.3, -0.25) is 0 Å². The molecule has 2 unspecified atom stereocenters. The molecule has 0 radical (unpaired) electrons. The van der Waals surface area contributed by atoms with Gasteiger partial charge in [0.25, 0.3) is 0 Å².